The van der Waals surface area contributed by atoms with Crippen molar-refractivity contribution in [2.75, 3.05) is 18.0 Å². The van der Waals surface area contributed by atoms with Crippen LogP contribution in [-0.4, -0.2) is 50.9 Å². The van der Waals surface area contributed by atoms with E-state index >= 15 is 0 Å². The van der Waals surface area contributed by atoms with Gasteiger partial charge in [0, 0.05) is 12.6 Å². The maximum Gasteiger partial charge on any atom is 0.264 e. The van der Waals surface area contributed by atoms with Gasteiger partial charge >= 0.3 is 0 Å². The quantitative estimate of drug-likeness (QED) is 0.362. The smallest absolute Gasteiger partial charge is 0.264 e. The van der Waals surface area contributed by atoms with E-state index in [9.17, 15) is 18.0 Å². The number of hydrogen-bond acceptors (Lipinski definition) is 5. The summed E-state index contributed by atoms with van der Waals surface area (Å²) in [6.07, 6.45) is 0. The van der Waals surface area contributed by atoms with Gasteiger partial charge in [0.15, 0.2) is 0 Å². The SMILES string of the molecule is COc1ccc(CN(C(=O)CN(c2cccc(C)c2C)S(=O)(=O)c2ccc(C)cc2)[C@@H](C)C(=O)NC(C)C)cc1. The van der Waals surface area contributed by atoms with Crippen molar-refractivity contribution in [2.24, 2.45) is 0 Å². The second kappa shape index (κ2) is 13.0. The lowest BCUT2D eigenvalue weighted by molar-refractivity contribution is -0.139. The summed E-state index contributed by atoms with van der Waals surface area (Å²) in [6, 6.07) is 18.1. The van der Waals surface area contributed by atoms with Crippen LogP contribution in [0.25, 0.3) is 0 Å². The number of methoxy groups -OCH3 is 1. The highest BCUT2D eigenvalue weighted by atomic mass is 32.2. The van der Waals surface area contributed by atoms with Crippen LogP contribution >= 0.6 is 0 Å². The van der Waals surface area contributed by atoms with E-state index in [4.69, 9.17) is 4.74 Å². The highest BCUT2D eigenvalue weighted by Gasteiger charge is 2.33. The number of hydrogen-bond donors (Lipinski definition) is 1. The average Bonchev–Trinajstić information content (AvgIpc) is 2.91. The van der Waals surface area contributed by atoms with Crippen LogP contribution in [0.5, 0.6) is 5.75 Å². The predicted octanol–water partition coefficient (Wildman–Crippen LogP) is 4.76. The molecule has 0 aliphatic rings. The molecule has 0 bridgehead atoms. The van der Waals surface area contributed by atoms with Gasteiger partial charge < -0.3 is 15.0 Å². The lowest BCUT2D eigenvalue weighted by Crippen LogP contribution is -2.52. The Morgan fingerprint density at radius 1 is 0.900 bits per heavy atom. The molecule has 0 aromatic heterocycles. The number of carbonyl (C=O) groups excluding carboxylic acids is 2. The first-order chi connectivity index (χ1) is 18.8. The number of rotatable bonds is 11. The van der Waals surface area contributed by atoms with Gasteiger partial charge in [-0.3, -0.25) is 13.9 Å². The molecule has 0 saturated heterocycles. The van der Waals surface area contributed by atoms with Crippen LogP contribution in [0.2, 0.25) is 0 Å². The van der Waals surface area contributed by atoms with Crippen LogP contribution < -0.4 is 14.4 Å². The molecule has 0 heterocycles. The fourth-order valence-corrected chi connectivity index (χ4v) is 5.74. The Hall–Kier alpha value is -3.85. The molecule has 3 aromatic carbocycles. The van der Waals surface area contributed by atoms with Gasteiger partial charge in [-0.2, -0.15) is 0 Å². The van der Waals surface area contributed by atoms with Gasteiger partial charge in [0.1, 0.15) is 18.3 Å². The monoisotopic (exact) mass is 565 g/mol. The number of amides is 2. The first-order valence-corrected chi connectivity index (χ1v) is 14.7. The summed E-state index contributed by atoms with van der Waals surface area (Å²) in [5.41, 5.74) is 3.76. The van der Waals surface area contributed by atoms with Gasteiger partial charge in [-0.1, -0.05) is 42.0 Å². The minimum atomic E-state index is -4.12. The largest absolute Gasteiger partial charge is 0.497 e. The number of benzene rings is 3. The van der Waals surface area contributed by atoms with Crippen molar-refractivity contribution in [1.29, 1.82) is 0 Å². The van der Waals surface area contributed by atoms with E-state index < -0.39 is 28.5 Å². The molecule has 1 atom stereocenters. The number of nitrogens with one attached hydrogen (secondary N) is 1. The van der Waals surface area contributed by atoms with Gasteiger partial charge in [0.05, 0.1) is 17.7 Å². The van der Waals surface area contributed by atoms with Gasteiger partial charge in [-0.25, -0.2) is 8.42 Å². The van der Waals surface area contributed by atoms with Crippen molar-refractivity contribution in [3.8, 4) is 5.75 Å². The maximum atomic E-state index is 14.0. The third-order valence-corrected chi connectivity index (χ3v) is 8.62. The van der Waals surface area contributed by atoms with Crippen LogP contribution in [0.1, 0.15) is 43.0 Å². The Morgan fingerprint density at radius 3 is 2.10 bits per heavy atom. The summed E-state index contributed by atoms with van der Waals surface area (Å²) >= 11 is 0. The number of aryl methyl sites for hydroxylation is 2. The highest BCUT2D eigenvalue weighted by Crippen LogP contribution is 2.29. The van der Waals surface area contributed by atoms with E-state index in [1.807, 2.05) is 52.8 Å². The van der Waals surface area contributed by atoms with Crippen molar-refractivity contribution in [3.05, 3.63) is 89.0 Å². The molecule has 0 aliphatic heterocycles. The number of anilines is 1. The van der Waals surface area contributed by atoms with Crippen molar-refractivity contribution in [3.63, 3.8) is 0 Å². The first kappa shape index (κ1) is 30.7. The zero-order valence-corrected chi connectivity index (χ0v) is 25.1. The van der Waals surface area contributed by atoms with Gasteiger partial charge in [-0.15, -0.1) is 0 Å². The van der Waals surface area contributed by atoms with E-state index in [-0.39, 0.29) is 23.4 Å². The number of sulfonamides is 1. The predicted molar refractivity (Wildman–Crippen MR) is 158 cm³/mol. The molecule has 0 unspecified atom stereocenters. The fourth-order valence-electron chi connectivity index (χ4n) is 4.27. The molecular formula is C31H39N3O5S. The fraction of sp³-hybridized carbons (Fsp3) is 0.355. The topological polar surface area (TPSA) is 96.0 Å². The lowest BCUT2D eigenvalue weighted by Gasteiger charge is -2.33. The molecule has 0 aliphatic carbocycles. The Balaban J connectivity index is 2.06. The van der Waals surface area contributed by atoms with Crippen LogP contribution in [0.15, 0.2) is 71.6 Å². The van der Waals surface area contributed by atoms with Crippen LogP contribution in [-0.2, 0) is 26.2 Å². The number of carbonyl (C=O) groups is 2. The minimum absolute atomic E-state index is 0.0825. The zero-order chi connectivity index (χ0) is 29.6. The third kappa shape index (κ3) is 7.21. The van der Waals surface area contributed by atoms with E-state index in [1.165, 1.54) is 4.90 Å². The van der Waals surface area contributed by atoms with Gasteiger partial charge in [0.25, 0.3) is 10.0 Å². The standard InChI is InChI=1S/C31H39N3O5S/c1-21(2)32-31(36)25(6)33(19-26-13-15-27(39-7)16-14-26)30(35)20-34(29-10-8-9-23(4)24(29)5)40(37,38)28-17-11-22(3)12-18-28/h8-18,21,25H,19-20H2,1-7H3,(H,32,36)/t25-/m0/s1. The molecule has 9 heteroatoms. The summed E-state index contributed by atoms with van der Waals surface area (Å²) in [5, 5.41) is 2.86. The van der Waals surface area contributed by atoms with Crippen LogP contribution in [0.3, 0.4) is 0 Å². The van der Waals surface area contributed by atoms with Crippen molar-refractivity contribution in [1.82, 2.24) is 10.2 Å². The van der Waals surface area contributed by atoms with Crippen LogP contribution in [0.4, 0.5) is 5.69 Å². The molecule has 40 heavy (non-hydrogen) atoms. The second-order valence-electron chi connectivity index (χ2n) is 10.3. The minimum Gasteiger partial charge on any atom is -0.497 e. The summed E-state index contributed by atoms with van der Waals surface area (Å²) in [4.78, 5) is 28.6. The lowest BCUT2D eigenvalue weighted by atomic mass is 10.1. The van der Waals surface area contributed by atoms with Gasteiger partial charge in [0.2, 0.25) is 11.8 Å². The molecule has 8 nitrogen and oxygen atoms in total. The molecule has 0 radical (unpaired) electrons. The Labute approximate surface area is 238 Å². The Morgan fingerprint density at radius 2 is 1.52 bits per heavy atom. The van der Waals surface area contributed by atoms with E-state index in [0.717, 1.165) is 26.6 Å². The third-order valence-electron chi connectivity index (χ3n) is 6.84. The van der Waals surface area contributed by atoms with Gasteiger partial charge in [-0.05, 0) is 88.6 Å². The van der Waals surface area contributed by atoms with Crippen molar-refractivity contribution in [2.45, 2.75) is 65.1 Å². The summed E-state index contributed by atoms with van der Waals surface area (Å²) in [5.74, 6) is -0.159. The van der Waals surface area contributed by atoms with Crippen molar-refractivity contribution < 1.29 is 22.7 Å². The molecule has 3 aromatic rings. The van der Waals surface area contributed by atoms with E-state index in [0.29, 0.717) is 11.4 Å². The summed E-state index contributed by atoms with van der Waals surface area (Å²) in [7, 11) is -2.55. The molecule has 2 amide bonds. The molecule has 0 spiro atoms. The highest BCUT2D eigenvalue weighted by molar-refractivity contribution is 7.92. The van der Waals surface area contributed by atoms with Crippen molar-refractivity contribution >= 4 is 27.5 Å². The number of ether oxygens (including phenoxy) is 1. The number of nitrogens with zero attached hydrogens (tertiary/aromatic N) is 2. The molecule has 214 valence electrons. The summed E-state index contributed by atoms with van der Waals surface area (Å²) in [6.45, 7) is 10.6. The molecule has 3 rings (SSSR count). The maximum absolute atomic E-state index is 14.0. The Bertz CT molecular complexity index is 1430. The first-order valence-electron chi connectivity index (χ1n) is 13.2. The molecule has 0 saturated carbocycles. The Kier molecular flexibility index (Phi) is 9.98. The van der Waals surface area contributed by atoms with Crippen LogP contribution in [0, 0.1) is 20.8 Å². The second-order valence-corrected chi connectivity index (χ2v) is 12.1. The molecular weight excluding hydrogens is 526 g/mol. The van der Waals surface area contributed by atoms with E-state index in [2.05, 4.69) is 5.32 Å². The summed E-state index contributed by atoms with van der Waals surface area (Å²) < 4.78 is 34.4. The molecule has 1 N–H and O–H groups in total. The zero-order valence-electron chi connectivity index (χ0n) is 24.3. The molecule has 0 fully saturated rings. The van der Waals surface area contributed by atoms with E-state index in [1.54, 1.807) is 62.6 Å². The normalized spacial score (nSPS) is 12.1. The average molecular weight is 566 g/mol.